The van der Waals surface area contributed by atoms with Crippen LogP contribution in [0, 0.1) is 12.3 Å². The molecule has 19 heavy (non-hydrogen) atoms. The summed E-state index contributed by atoms with van der Waals surface area (Å²) in [6.45, 7) is 1.17. The Morgan fingerprint density at radius 2 is 2.05 bits per heavy atom. The van der Waals surface area contributed by atoms with Crippen molar-refractivity contribution in [2.75, 3.05) is 13.2 Å². The van der Waals surface area contributed by atoms with Crippen molar-refractivity contribution in [3.8, 4) is 18.1 Å². The van der Waals surface area contributed by atoms with Crippen molar-refractivity contribution in [3.63, 3.8) is 0 Å². The Balaban J connectivity index is 2.00. The van der Waals surface area contributed by atoms with Gasteiger partial charge in [-0.1, -0.05) is 37.0 Å². The smallest absolute Gasteiger partial charge is 0.148 e. The second kappa shape index (κ2) is 6.60. The summed E-state index contributed by atoms with van der Waals surface area (Å²) in [5.41, 5.74) is 0.969. The van der Waals surface area contributed by atoms with Gasteiger partial charge in [-0.3, -0.25) is 0 Å². The van der Waals surface area contributed by atoms with Crippen LogP contribution in [0.1, 0.15) is 31.2 Å². The molecule has 3 heteroatoms. The van der Waals surface area contributed by atoms with Gasteiger partial charge in [0.2, 0.25) is 0 Å². The number of benzene rings is 1. The highest BCUT2D eigenvalue weighted by Gasteiger charge is 2.32. The number of aliphatic hydroxyl groups is 1. The van der Waals surface area contributed by atoms with E-state index in [4.69, 9.17) is 11.2 Å². The van der Waals surface area contributed by atoms with E-state index >= 15 is 0 Å². The minimum atomic E-state index is -0.112. The van der Waals surface area contributed by atoms with E-state index in [9.17, 15) is 5.11 Å². The van der Waals surface area contributed by atoms with Crippen molar-refractivity contribution in [3.05, 3.63) is 29.8 Å². The number of nitrogens with one attached hydrogen (secondary N) is 1. The highest BCUT2D eigenvalue weighted by atomic mass is 16.5. The minimum Gasteiger partial charge on any atom is -0.481 e. The minimum absolute atomic E-state index is 0.112. The third kappa shape index (κ3) is 3.50. The SMILES string of the molecule is C#CCOc1ccccc1CNC1(CO)CCCC1. The fourth-order valence-electron chi connectivity index (χ4n) is 2.64. The first-order valence-corrected chi connectivity index (χ1v) is 6.80. The number of hydrogen-bond acceptors (Lipinski definition) is 3. The molecule has 0 bridgehead atoms. The number of para-hydroxylation sites is 1. The van der Waals surface area contributed by atoms with Crippen LogP contribution >= 0.6 is 0 Å². The Hall–Kier alpha value is -1.50. The fraction of sp³-hybridized carbons (Fsp3) is 0.500. The van der Waals surface area contributed by atoms with Crippen molar-refractivity contribution >= 4 is 0 Å². The predicted molar refractivity (Wildman–Crippen MR) is 75.9 cm³/mol. The molecule has 0 unspecified atom stereocenters. The molecule has 1 aromatic rings. The summed E-state index contributed by atoms with van der Waals surface area (Å²) in [5, 5.41) is 13.1. The topological polar surface area (TPSA) is 41.5 Å². The highest BCUT2D eigenvalue weighted by molar-refractivity contribution is 5.33. The van der Waals surface area contributed by atoms with E-state index in [0.717, 1.165) is 24.2 Å². The van der Waals surface area contributed by atoms with Gasteiger partial charge in [0.1, 0.15) is 12.4 Å². The van der Waals surface area contributed by atoms with Gasteiger partial charge in [-0.15, -0.1) is 6.42 Å². The lowest BCUT2D eigenvalue weighted by molar-refractivity contribution is 0.162. The summed E-state index contributed by atoms with van der Waals surface area (Å²) in [4.78, 5) is 0. The van der Waals surface area contributed by atoms with E-state index in [0.29, 0.717) is 6.54 Å². The summed E-state index contributed by atoms with van der Waals surface area (Å²) in [7, 11) is 0. The maximum atomic E-state index is 9.58. The van der Waals surface area contributed by atoms with E-state index in [1.165, 1.54) is 12.8 Å². The van der Waals surface area contributed by atoms with Crippen LogP contribution in [0.5, 0.6) is 5.75 Å². The average molecular weight is 259 g/mol. The molecule has 0 aromatic heterocycles. The lowest BCUT2D eigenvalue weighted by atomic mass is 9.98. The Bertz CT molecular complexity index is 444. The van der Waals surface area contributed by atoms with Crippen LogP contribution in [0.3, 0.4) is 0 Å². The molecule has 1 aliphatic rings. The maximum absolute atomic E-state index is 9.58. The molecule has 1 saturated carbocycles. The zero-order valence-corrected chi connectivity index (χ0v) is 11.2. The zero-order valence-electron chi connectivity index (χ0n) is 11.2. The Kier molecular flexibility index (Phi) is 4.84. The standard InChI is InChI=1S/C16H21NO2/c1-2-11-19-15-8-4-3-7-14(15)12-17-16(13-18)9-5-6-10-16/h1,3-4,7-8,17-18H,5-6,9-13H2. The van der Waals surface area contributed by atoms with Crippen LogP contribution in [-0.2, 0) is 6.54 Å². The van der Waals surface area contributed by atoms with E-state index in [1.807, 2.05) is 24.3 Å². The molecule has 0 spiro atoms. The predicted octanol–water partition coefficient (Wildman–Crippen LogP) is 2.09. The molecule has 2 N–H and O–H groups in total. The third-order valence-corrected chi connectivity index (χ3v) is 3.80. The molecule has 0 heterocycles. The number of hydrogen-bond donors (Lipinski definition) is 2. The van der Waals surface area contributed by atoms with Gasteiger partial charge in [0.15, 0.2) is 0 Å². The zero-order chi connectivity index (χ0) is 13.6. The van der Waals surface area contributed by atoms with Gasteiger partial charge < -0.3 is 15.2 Å². The lowest BCUT2D eigenvalue weighted by Gasteiger charge is -2.28. The first-order valence-electron chi connectivity index (χ1n) is 6.80. The van der Waals surface area contributed by atoms with Crippen molar-refractivity contribution in [2.24, 2.45) is 0 Å². The van der Waals surface area contributed by atoms with Gasteiger partial charge in [0.05, 0.1) is 6.61 Å². The molecular formula is C16H21NO2. The van der Waals surface area contributed by atoms with Gasteiger partial charge in [-0.05, 0) is 18.9 Å². The van der Waals surface area contributed by atoms with Crippen LogP contribution < -0.4 is 10.1 Å². The quantitative estimate of drug-likeness (QED) is 0.769. The molecule has 0 amide bonds. The fourth-order valence-corrected chi connectivity index (χ4v) is 2.64. The van der Waals surface area contributed by atoms with Gasteiger partial charge in [0.25, 0.3) is 0 Å². The van der Waals surface area contributed by atoms with Crippen LogP contribution in [-0.4, -0.2) is 23.9 Å². The van der Waals surface area contributed by atoms with Crippen LogP contribution in [0.2, 0.25) is 0 Å². The number of terminal acetylenes is 1. The summed E-state index contributed by atoms with van der Waals surface area (Å²) < 4.78 is 5.53. The monoisotopic (exact) mass is 259 g/mol. The molecular weight excluding hydrogens is 238 g/mol. The summed E-state index contributed by atoms with van der Waals surface area (Å²) in [5.74, 6) is 3.30. The molecule has 1 fully saturated rings. The number of rotatable bonds is 6. The number of aliphatic hydroxyl groups excluding tert-OH is 1. The Morgan fingerprint density at radius 1 is 1.32 bits per heavy atom. The molecule has 102 valence electrons. The Labute approximate surface area is 115 Å². The largest absolute Gasteiger partial charge is 0.481 e. The first-order chi connectivity index (χ1) is 9.29. The summed E-state index contributed by atoms with van der Waals surface area (Å²) in [6, 6.07) is 7.88. The second-order valence-corrected chi connectivity index (χ2v) is 5.10. The van der Waals surface area contributed by atoms with Gasteiger partial charge in [-0.25, -0.2) is 0 Å². The third-order valence-electron chi connectivity index (χ3n) is 3.80. The average Bonchev–Trinajstić information content (AvgIpc) is 2.93. The van der Waals surface area contributed by atoms with E-state index in [-0.39, 0.29) is 18.8 Å². The van der Waals surface area contributed by atoms with E-state index < -0.39 is 0 Å². The Morgan fingerprint density at radius 3 is 2.74 bits per heavy atom. The molecule has 3 nitrogen and oxygen atoms in total. The van der Waals surface area contributed by atoms with Gasteiger partial charge in [-0.2, -0.15) is 0 Å². The first kappa shape index (κ1) is 13.9. The molecule has 0 radical (unpaired) electrons. The summed E-state index contributed by atoms with van der Waals surface area (Å²) >= 11 is 0. The van der Waals surface area contributed by atoms with Gasteiger partial charge in [0, 0.05) is 17.6 Å². The molecule has 0 saturated heterocycles. The maximum Gasteiger partial charge on any atom is 0.148 e. The van der Waals surface area contributed by atoms with E-state index in [2.05, 4.69) is 11.2 Å². The van der Waals surface area contributed by atoms with Crippen LogP contribution in [0.25, 0.3) is 0 Å². The summed E-state index contributed by atoms with van der Waals surface area (Å²) in [6.07, 6.45) is 9.66. The highest BCUT2D eigenvalue weighted by Crippen LogP contribution is 2.30. The van der Waals surface area contributed by atoms with E-state index in [1.54, 1.807) is 0 Å². The lowest BCUT2D eigenvalue weighted by Crippen LogP contribution is -2.45. The molecule has 2 rings (SSSR count). The van der Waals surface area contributed by atoms with Crippen LogP contribution in [0.4, 0.5) is 0 Å². The van der Waals surface area contributed by atoms with Crippen LogP contribution in [0.15, 0.2) is 24.3 Å². The number of ether oxygens (including phenoxy) is 1. The molecule has 1 aromatic carbocycles. The van der Waals surface area contributed by atoms with Crippen molar-refractivity contribution in [1.29, 1.82) is 0 Å². The van der Waals surface area contributed by atoms with Crippen molar-refractivity contribution in [2.45, 2.75) is 37.8 Å². The second-order valence-electron chi connectivity index (χ2n) is 5.10. The molecule has 0 atom stereocenters. The molecule has 1 aliphatic carbocycles. The van der Waals surface area contributed by atoms with Crippen molar-refractivity contribution in [1.82, 2.24) is 5.32 Å². The van der Waals surface area contributed by atoms with Gasteiger partial charge >= 0.3 is 0 Å². The normalized spacial score (nSPS) is 17.1. The molecule has 0 aliphatic heterocycles. The van der Waals surface area contributed by atoms with Crippen molar-refractivity contribution < 1.29 is 9.84 Å².